The van der Waals surface area contributed by atoms with Crippen molar-refractivity contribution in [3.8, 4) is 0 Å². The number of aliphatic hydroxyl groups excluding tert-OH is 1. The van der Waals surface area contributed by atoms with Crippen molar-refractivity contribution in [3.05, 3.63) is 30.3 Å². The molecule has 1 aromatic rings. The zero-order valence-corrected chi connectivity index (χ0v) is 13.1. The summed E-state index contributed by atoms with van der Waals surface area (Å²) in [5, 5.41) is 10.9. The molecular formula is C15H24BNOP. The first kappa shape index (κ1) is 15.0. The first-order valence-corrected chi connectivity index (χ1v) is 8.83. The van der Waals surface area contributed by atoms with E-state index in [1.807, 2.05) is 6.07 Å². The highest BCUT2D eigenvalue weighted by Gasteiger charge is 2.45. The first-order valence-electron chi connectivity index (χ1n) is 7.02. The lowest BCUT2D eigenvalue weighted by Crippen LogP contribution is -2.44. The van der Waals surface area contributed by atoms with Crippen LogP contribution < -0.4 is 5.30 Å². The van der Waals surface area contributed by atoms with Crippen LogP contribution in [0, 0.1) is 0 Å². The number of aliphatic hydroxyl groups is 1. The van der Waals surface area contributed by atoms with Gasteiger partial charge in [0.05, 0.1) is 18.0 Å². The molecule has 1 heterocycles. The number of nitrogens with zero attached hydrogens (tertiary/aromatic N) is 1. The fraction of sp³-hybridized carbons (Fsp3) is 0.600. The van der Waals surface area contributed by atoms with E-state index in [4.69, 9.17) is 7.57 Å². The number of hydrogen-bond acceptors (Lipinski definition) is 2. The fourth-order valence-corrected chi connectivity index (χ4v) is 6.63. The lowest BCUT2D eigenvalue weighted by atomic mass is 10.2. The third-order valence-corrected chi connectivity index (χ3v) is 8.60. The summed E-state index contributed by atoms with van der Waals surface area (Å²) in [6.07, 6.45) is 2.19. The summed E-state index contributed by atoms with van der Waals surface area (Å²) < 4.78 is 2.41. The minimum absolute atomic E-state index is 0.00606. The van der Waals surface area contributed by atoms with Crippen LogP contribution in [0.2, 0.25) is 0 Å². The molecule has 4 heteroatoms. The van der Waals surface area contributed by atoms with Crippen LogP contribution in [0.4, 0.5) is 0 Å². The largest absolute Gasteiger partial charge is 0.395 e. The topological polar surface area (TPSA) is 23.5 Å². The molecular weight excluding hydrogens is 252 g/mol. The number of hydrogen-bond donors (Lipinski definition) is 1. The molecule has 19 heavy (non-hydrogen) atoms. The average Bonchev–Trinajstić information content (AvgIpc) is 2.86. The van der Waals surface area contributed by atoms with E-state index in [0.717, 1.165) is 19.4 Å². The smallest absolute Gasteiger partial charge is 0.0628 e. The van der Waals surface area contributed by atoms with E-state index < -0.39 is 7.29 Å². The van der Waals surface area contributed by atoms with Crippen molar-refractivity contribution >= 4 is 20.2 Å². The molecule has 0 saturated carbocycles. The molecule has 0 aromatic heterocycles. The van der Waals surface area contributed by atoms with E-state index in [1.165, 1.54) is 5.30 Å². The Hall–Kier alpha value is -0.365. The van der Waals surface area contributed by atoms with E-state index >= 15 is 0 Å². The molecule has 3 radical (unpaired) electrons. The van der Waals surface area contributed by atoms with Crippen molar-refractivity contribution in [2.75, 3.05) is 13.2 Å². The normalized spacial score (nSPS) is 24.4. The Bertz CT molecular complexity index is 420. The fourth-order valence-electron chi connectivity index (χ4n) is 3.00. The van der Waals surface area contributed by atoms with Crippen LogP contribution in [0.15, 0.2) is 30.3 Å². The second kappa shape index (κ2) is 5.56. The third-order valence-electron chi connectivity index (χ3n) is 4.13. The highest BCUT2D eigenvalue weighted by Crippen LogP contribution is 2.68. The monoisotopic (exact) mass is 276 g/mol. The van der Waals surface area contributed by atoms with E-state index in [2.05, 4.69) is 49.7 Å². The van der Waals surface area contributed by atoms with E-state index in [0.29, 0.717) is 0 Å². The van der Waals surface area contributed by atoms with Crippen LogP contribution in [0.25, 0.3) is 0 Å². The maximum absolute atomic E-state index is 9.63. The van der Waals surface area contributed by atoms with Crippen molar-refractivity contribution in [2.24, 2.45) is 0 Å². The predicted molar refractivity (Wildman–Crippen MR) is 85.3 cm³/mol. The van der Waals surface area contributed by atoms with E-state index in [-0.39, 0.29) is 17.8 Å². The summed E-state index contributed by atoms with van der Waals surface area (Å²) in [6.45, 7) is 7.88. The maximum atomic E-state index is 9.63. The Morgan fingerprint density at radius 1 is 1.32 bits per heavy atom. The van der Waals surface area contributed by atoms with Crippen molar-refractivity contribution in [1.82, 2.24) is 4.67 Å². The Morgan fingerprint density at radius 3 is 2.47 bits per heavy atom. The van der Waals surface area contributed by atoms with Gasteiger partial charge in [-0.3, -0.25) is 7.57 Å². The van der Waals surface area contributed by atoms with E-state index in [9.17, 15) is 5.11 Å². The van der Waals surface area contributed by atoms with Crippen LogP contribution in [0.5, 0.6) is 0 Å². The molecule has 0 spiro atoms. The number of rotatable bonds is 3. The van der Waals surface area contributed by atoms with Gasteiger partial charge in [0, 0.05) is 11.7 Å². The third kappa shape index (κ3) is 2.61. The first-order chi connectivity index (χ1) is 8.91. The van der Waals surface area contributed by atoms with Gasteiger partial charge >= 0.3 is 0 Å². The molecule has 1 aliphatic heterocycles. The Kier molecular flexibility index (Phi) is 4.40. The molecule has 2 atom stereocenters. The highest BCUT2D eigenvalue weighted by molar-refractivity contribution is 8.02. The lowest BCUT2D eigenvalue weighted by molar-refractivity contribution is 0.216. The second-order valence-corrected chi connectivity index (χ2v) is 10.1. The lowest BCUT2D eigenvalue weighted by Gasteiger charge is -2.54. The number of benzene rings is 1. The van der Waals surface area contributed by atoms with Gasteiger partial charge in [0.2, 0.25) is 0 Å². The molecule has 1 N–H and O–H groups in total. The zero-order chi connectivity index (χ0) is 14.1. The molecule has 103 valence electrons. The molecule has 0 bridgehead atoms. The van der Waals surface area contributed by atoms with Gasteiger partial charge in [-0.1, -0.05) is 18.2 Å². The van der Waals surface area contributed by atoms with Crippen LogP contribution >= 0.6 is 7.29 Å². The molecule has 0 amide bonds. The minimum atomic E-state index is -1.95. The maximum Gasteiger partial charge on any atom is 0.0628 e. The van der Waals surface area contributed by atoms with Crippen molar-refractivity contribution < 1.29 is 5.11 Å². The molecule has 2 nitrogen and oxygen atoms in total. The molecule has 1 saturated heterocycles. The van der Waals surface area contributed by atoms with Gasteiger partial charge in [0.25, 0.3) is 0 Å². The quantitative estimate of drug-likeness (QED) is 0.677. The second-order valence-electron chi connectivity index (χ2n) is 6.33. The molecule has 1 fully saturated rings. The molecule has 1 unspecified atom stereocenters. The molecule has 2 rings (SSSR count). The van der Waals surface area contributed by atoms with Crippen LogP contribution in [-0.2, 0) is 0 Å². The minimum Gasteiger partial charge on any atom is -0.395 e. The standard InChI is InChI=1S/C15H24BNOP/c1-15(2,3)19(16,14-9-5-4-6-10-14)17-11-7-8-13(17)12-18/h4-6,9-10,13,18H,7-8,11-12H2,1-3H3/t13-,19?/m0/s1. The van der Waals surface area contributed by atoms with Gasteiger partial charge in [0.1, 0.15) is 0 Å². The summed E-state index contributed by atoms with van der Waals surface area (Å²) in [7, 11) is 5.04. The van der Waals surface area contributed by atoms with Crippen LogP contribution in [0.1, 0.15) is 33.6 Å². The molecule has 0 aliphatic carbocycles. The summed E-state index contributed by atoms with van der Waals surface area (Å²) >= 11 is 0. The zero-order valence-electron chi connectivity index (χ0n) is 12.2. The average molecular weight is 276 g/mol. The summed E-state index contributed by atoms with van der Waals surface area (Å²) in [5.74, 6) is 0. The summed E-state index contributed by atoms with van der Waals surface area (Å²) in [5.41, 5.74) is 0. The molecule has 1 aromatic carbocycles. The summed E-state index contributed by atoms with van der Waals surface area (Å²) in [4.78, 5) is 0. The van der Waals surface area contributed by atoms with Gasteiger partial charge in [-0.25, -0.2) is 4.67 Å². The van der Waals surface area contributed by atoms with Gasteiger partial charge in [0.15, 0.2) is 0 Å². The predicted octanol–water partition coefficient (Wildman–Crippen LogP) is 2.58. The van der Waals surface area contributed by atoms with Crippen molar-refractivity contribution in [1.29, 1.82) is 0 Å². The van der Waals surface area contributed by atoms with Crippen molar-refractivity contribution in [2.45, 2.75) is 44.8 Å². The summed E-state index contributed by atoms with van der Waals surface area (Å²) in [6, 6.07) is 10.7. The Balaban J connectivity index is 2.47. The van der Waals surface area contributed by atoms with Crippen molar-refractivity contribution in [3.63, 3.8) is 0 Å². The van der Waals surface area contributed by atoms with Gasteiger partial charge < -0.3 is 5.11 Å². The molecule has 1 aliphatic rings. The Morgan fingerprint density at radius 2 is 1.95 bits per heavy atom. The van der Waals surface area contributed by atoms with Gasteiger partial charge in [-0.2, -0.15) is 0 Å². The SMILES string of the molecule is [B-][P+](c1ccccc1)(N1CCC[C@H]1CO)C(C)(C)C. The highest BCUT2D eigenvalue weighted by atomic mass is 31.2. The van der Waals surface area contributed by atoms with Crippen LogP contribution in [-0.4, -0.2) is 41.7 Å². The van der Waals surface area contributed by atoms with Crippen LogP contribution in [0.3, 0.4) is 0 Å². The van der Waals surface area contributed by atoms with Gasteiger partial charge in [-0.15, -0.1) is 7.29 Å². The van der Waals surface area contributed by atoms with Gasteiger partial charge in [-0.05, 0) is 45.7 Å². The van der Waals surface area contributed by atoms with E-state index in [1.54, 1.807) is 0 Å². The Labute approximate surface area is 119 Å².